The summed E-state index contributed by atoms with van der Waals surface area (Å²) in [4.78, 5) is 10.5. The van der Waals surface area contributed by atoms with Crippen LogP contribution in [0.2, 0.25) is 0 Å². The van der Waals surface area contributed by atoms with Crippen molar-refractivity contribution < 1.29 is 9.53 Å². The zero-order valence-electron chi connectivity index (χ0n) is 8.82. The Hall–Kier alpha value is -1.39. The van der Waals surface area contributed by atoms with Gasteiger partial charge in [-0.1, -0.05) is 24.3 Å². The Bertz CT molecular complexity index is 326. The largest absolute Gasteiger partial charge is 0.380 e. The van der Waals surface area contributed by atoms with Crippen molar-refractivity contribution in [3.63, 3.8) is 0 Å². The van der Waals surface area contributed by atoms with E-state index in [0.29, 0.717) is 13.2 Å². The first-order valence-corrected chi connectivity index (χ1v) is 4.78. The lowest BCUT2D eigenvalue weighted by Gasteiger charge is -2.08. The molecular weight excluding hydrogens is 192 g/mol. The van der Waals surface area contributed by atoms with E-state index >= 15 is 0 Å². The van der Waals surface area contributed by atoms with E-state index in [2.05, 4.69) is 5.32 Å². The van der Waals surface area contributed by atoms with Gasteiger partial charge in [0.25, 0.3) is 0 Å². The van der Waals surface area contributed by atoms with Crippen LogP contribution in [-0.2, 0) is 22.7 Å². The van der Waals surface area contributed by atoms with Gasteiger partial charge in [0.05, 0.1) is 13.2 Å². The number of nitrogens with two attached hydrogens (primary N) is 1. The van der Waals surface area contributed by atoms with E-state index < -0.39 is 0 Å². The maximum Gasteiger partial charge on any atom is 0.231 e. The molecule has 4 heteroatoms. The fourth-order valence-corrected chi connectivity index (χ4v) is 1.35. The van der Waals surface area contributed by atoms with Crippen LogP contribution in [0.1, 0.15) is 11.1 Å². The van der Waals surface area contributed by atoms with Crippen LogP contribution in [0.4, 0.5) is 0 Å². The third kappa shape index (κ3) is 4.10. The zero-order chi connectivity index (χ0) is 11.1. The minimum atomic E-state index is -0.348. The zero-order valence-corrected chi connectivity index (χ0v) is 8.82. The number of ether oxygens (including phenoxy) is 1. The van der Waals surface area contributed by atoms with Crippen LogP contribution in [0.15, 0.2) is 24.3 Å². The molecule has 82 valence electrons. The lowest BCUT2D eigenvalue weighted by Crippen LogP contribution is -2.28. The van der Waals surface area contributed by atoms with E-state index in [0.717, 1.165) is 11.1 Å². The molecule has 0 saturated carbocycles. The van der Waals surface area contributed by atoms with Gasteiger partial charge < -0.3 is 15.8 Å². The second-order valence-corrected chi connectivity index (χ2v) is 3.27. The highest BCUT2D eigenvalue weighted by atomic mass is 16.5. The van der Waals surface area contributed by atoms with Crippen molar-refractivity contribution in [3.8, 4) is 0 Å². The van der Waals surface area contributed by atoms with Gasteiger partial charge in [-0.25, -0.2) is 0 Å². The number of primary amides is 1. The van der Waals surface area contributed by atoms with Gasteiger partial charge in [-0.3, -0.25) is 4.79 Å². The van der Waals surface area contributed by atoms with Gasteiger partial charge in [0.15, 0.2) is 0 Å². The number of hydrogen-bond donors (Lipinski definition) is 2. The predicted molar refractivity (Wildman–Crippen MR) is 58.1 cm³/mol. The summed E-state index contributed by atoms with van der Waals surface area (Å²) in [5, 5.41) is 2.97. The number of nitrogens with one attached hydrogen (secondary N) is 1. The van der Waals surface area contributed by atoms with E-state index in [4.69, 9.17) is 10.5 Å². The minimum absolute atomic E-state index is 0.196. The molecule has 4 nitrogen and oxygen atoms in total. The highest BCUT2D eigenvalue weighted by Crippen LogP contribution is 2.09. The molecule has 0 aliphatic rings. The predicted octanol–water partition coefficient (Wildman–Crippen LogP) is 0.408. The quantitative estimate of drug-likeness (QED) is 0.711. The summed E-state index contributed by atoms with van der Waals surface area (Å²) >= 11 is 0. The van der Waals surface area contributed by atoms with Crippen LogP contribution in [0, 0.1) is 0 Å². The van der Waals surface area contributed by atoms with Crippen molar-refractivity contribution in [2.24, 2.45) is 5.73 Å². The van der Waals surface area contributed by atoms with Gasteiger partial charge in [0, 0.05) is 13.7 Å². The lowest BCUT2D eigenvalue weighted by molar-refractivity contribution is -0.117. The summed E-state index contributed by atoms with van der Waals surface area (Å²) in [6.07, 6.45) is 0. The van der Waals surface area contributed by atoms with Crippen molar-refractivity contribution >= 4 is 5.91 Å². The molecule has 0 unspecified atom stereocenters. The van der Waals surface area contributed by atoms with Gasteiger partial charge in [-0.05, 0) is 11.1 Å². The average Bonchev–Trinajstić information content (AvgIpc) is 2.20. The second-order valence-electron chi connectivity index (χ2n) is 3.27. The van der Waals surface area contributed by atoms with Crippen molar-refractivity contribution in [2.45, 2.75) is 13.2 Å². The summed E-state index contributed by atoms with van der Waals surface area (Å²) in [7, 11) is 1.66. The molecule has 0 fully saturated rings. The van der Waals surface area contributed by atoms with Gasteiger partial charge in [-0.2, -0.15) is 0 Å². The molecular formula is C11H16N2O2. The molecule has 1 amide bonds. The minimum Gasteiger partial charge on any atom is -0.380 e. The highest BCUT2D eigenvalue weighted by molar-refractivity contribution is 5.75. The molecule has 0 aliphatic heterocycles. The molecule has 1 aromatic carbocycles. The number of carbonyl (C=O) groups is 1. The van der Waals surface area contributed by atoms with Gasteiger partial charge in [-0.15, -0.1) is 0 Å². The molecule has 1 rings (SSSR count). The molecule has 0 bridgehead atoms. The fraction of sp³-hybridized carbons (Fsp3) is 0.364. The highest BCUT2D eigenvalue weighted by Gasteiger charge is 2.01. The van der Waals surface area contributed by atoms with Gasteiger partial charge in [0.2, 0.25) is 5.91 Å². The van der Waals surface area contributed by atoms with E-state index in [9.17, 15) is 4.79 Å². The maximum absolute atomic E-state index is 10.5. The van der Waals surface area contributed by atoms with Crippen LogP contribution in [-0.4, -0.2) is 19.6 Å². The topological polar surface area (TPSA) is 64.3 Å². The number of carbonyl (C=O) groups excluding carboxylic acids is 1. The van der Waals surface area contributed by atoms with Gasteiger partial charge >= 0.3 is 0 Å². The molecule has 15 heavy (non-hydrogen) atoms. The number of methoxy groups -OCH3 is 1. The first kappa shape index (κ1) is 11.7. The first-order valence-electron chi connectivity index (χ1n) is 4.78. The normalized spacial score (nSPS) is 10.2. The average molecular weight is 208 g/mol. The van der Waals surface area contributed by atoms with Crippen molar-refractivity contribution in [1.29, 1.82) is 0 Å². The van der Waals surface area contributed by atoms with Crippen LogP contribution < -0.4 is 11.1 Å². The SMILES string of the molecule is COCc1ccccc1CNCC(N)=O. The number of benzene rings is 1. The van der Waals surface area contributed by atoms with E-state index in [1.807, 2.05) is 24.3 Å². The summed E-state index contributed by atoms with van der Waals surface area (Å²) < 4.78 is 5.08. The van der Waals surface area contributed by atoms with Crippen LogP contribution in [0.5, 0.6) is 0 Å². The molecule has 1 aromatic rings. The molecule has 0 aromatic heterocycles. The van der Waals surface area contributed by atoms with Crippen LogP contribution >= 0.6 is 0 Å². The summed E-state index contributed by atoms with van der Waals surface area (Å²) in [6, 6.07) is 7.93. The third-order valence-electron chi connectivity index (χ3n) is 2.03. The van der Waals surface area contributed by atoms with Gasteiger partial charge in [0.1, 0.15) is 0 Å². The van der Waals surface area contributed by atoms with Crippen molar-refractivity contribution in [3.05, 3.63) is 35.4 Å². The Morgan fingerprint density at radius 1 is 1.40 bits per heavy atom. The Kier molecular flexibility index (Phi) is 4.80. The molecule has 0 radical (unpaired) electrons. The third-order valence-corrected chi connectivity index (χ3v) is 2.03. The first-order chi connectivity index (χ1) is 7.24. The van der Waals surface area contributed by atoms with Crippen molar-refractivity contribution in [2.75, 3.05) is 13.7 Å². The molecule has 0 atom stereocenters. The second kappa shape index (κ2) is 6.16. The number of hydrogen-bond acceptors (Lipinski definition) is 3. The molecule has 0 heterocycles. The molecule has 0 aliphatic carbocycles. The van der Waals surface area contributed by atoms with Crippen molar-refractivity contribution in [1.82, 2.24) is 5.32 Å². The Morgan fingerprint density at radius 3 is 2.67 bits per heavy atom. The Balaban J connectivity index is 2.55. The van der Waals surface area contributed by atoms with E-state index in [1.165, 1.54) is 0 Å². The number of amides is 1. The van der Waals surface area contributed by atoms with Crippen LogP contribution in [0.25, 0.3) is 0 Å². The maximum atomic E-state index is 10.5. The summed E-state index contributed by atoms with van der Waals surface area (Å²) in [6.45, 7) is 1.40. The summed E-state index contributed by atoms with van der Waals surface area (Å²) in [5.74, 6) is -0.348. The molecule has 3 N–H and O–H groups in total. The Labute approximate surface area is 89.4 Å². The van der Waals surface area contributed by atoms with E-state index in [-0.39, 0.29) is 12.5 Å². The fourth-order valence-electron chi connectivity index (χ4n) is 1.35. The monoisotopic (exact) mass is 208 g/mol. The standard InChI is InChI=1S/C11H16N2O2/c1-15-8-10-5-3-2-4-9(10)6-13-7-11(12)14/h2-5,13H,6-8H2,1H3,(H2,12,14). The summed E-state index contributed by atoms with van der Waals surface area (Å²) in [5.41, 5.74) is 7.27. The molecule has 0 saturated heterocycles. The lowest BCUT2D eigenvalue weighted by atomic mass is 10.1. The molecule has 0 spiro atoms. The van der Waals surface area contributed by atoms with E-state index in [1.54, 1.807) is 7.11 Å². The Morgan fingerprint density at radius 2 is 2.07 bits per heavy atom. The smallest absolute Gasteiger partial charge is 0.231 e. The number of rotatable bonds is 6. The van der Waals surface area contributed by atoms with Crippen LogP contribution in [0.3, 0.4) is 0 Å².